The first-order valence-corrected chi connectivity index (χ1v) is 5.72. The number of rotatable bonds is 3. The zero-order valence-electron chi connectivity index (χ0n) is 8.41. The smallest absolute Gasteiger partial charge is 0.146 e. The molecule has 2 rings (SSSR count). The molecule has 0 fully saturated rings. The molecular weight excluding hydrogens is 194 g/mol. The molecule has 3 heteroatoms. The van der Waals surface area contributed by atoms with Gasteiger partial charge in [-0.2, -0.15) is 0 Å². The van der Waals surface area contributed by atoms with Gasteiger partial charge in [0.15, 0.2) is 0 Å². The first kappa shape index (κ1) is 9.46. The first-order valence-electron chi connectivity index (χ1n) is 4.84. The zero-order chi connectivity index (χ0) is 9.97. The van der Waals surface area contributed by atoms with Crippen molar-refractivity contribution in [3.8, 4) is 5.75 Å². The summed E-state index contributed by atoms with van der Waals surface area (Å²) < 4.78 is 6.78. The van der Waals surface area contributed by atoms with Crippen LogP contribution in [0.25, 0.3) is 10.2 Å². The van der Waals surface area contributed by atoms with E-state index in [1.54, 1.807) is 11.3 Å². The topological polar surface area (TPSA) is 22.1 Å². The highest BCUT2D eigenvalue weighted by Crippen LogP contribution is 2.30. The number of nitrogens with zero attached hydrogens (tertiary/aromatic N) is 1. The highest BCUT2D eigenvalue weighted by atomic mass is 32.1. The normalized spacial score (nSPS) is 10.7. The molecule has 0 N–H and O–H groups in total. The Bertz CT molecular complexity index is 436. The van der Waals surface area contributed by atoms with Gasteiger partial charge in [0.05, 0.1) is 16.8 Å². The third-order valence-electron chi connectivity index (χ3n) is 2.21. The molecule has 0 saturated heterocycles. The van der Waals surface area contributed by atoms with Crippen LogP contribution in [0.4, 0.5) is 0 Å². The van der Waals surface area contributed by atoms with Crippen LogP contribution in [0, 0.1) is 0 Å². The average Bonchev–Trinajstić information content (AvgIpc) is 2.67. The van der Waals surface area contributed by atoms with E-state index in [4.69, 9.17) is 4.74 Å². The SMILES string of the molecule is CCOc1ccc(CC)c2scnc12. The van der Waals surface area contributed by atoms with Gasteiger partial charge < -0.3 is 4.74 Å². The van der Waals surface area contributed by atoms with Gasteiger partial charge in [-0.1, -0.05) is 13.0 Å². The number of hydrogen-bond donors (Lipinski definition) is 0. The van der Waals surface area contributed by atoms with Gasteiger partial charge in [0.25, 0.3) is 0 Å². The monoisotopic (exact) mass is 207 g/mol. The predicted octanol–water partition coefficient (Wildman–Crippen LogP) is 3.26. The molecule has 0 saturated carbocycles. The maximum atomic E-state index is 5.52. The zero-order valence-corrected chi connectivity index (χ0v) is 9.23. The molecule has 1 aromatic carbocycles. The molecule has 2 nitrogen and oxygen atoms in total. The van der Waals surface area contributed by atoms with Crippen LogP contribution in [-0.4, -0.2) is 11.6 Å². The van der Waals surface area contributed by atoms with Gasteiger partial charge in [0.1, 0.15) is 11.3 Å². The maximum absolute atomic E-state index is 5.52. The Morgan fingerprint density at radius 1 is 1.36 bits per heavy atom. The highest BCUT2D eigenvalue weighted by Gasteiger charge is 2.07. The summed E-state index contributed by atoms with van der Waals surface area (Å²) in [6, 6.07) is 4.15. The van der Waals surface area contributed by atoms with Crippen molar-refractivity contribution < 1.29 is 4.74 Å². The van der Waals surface area contributed by atoms with Gasteiger partial charge in [0.2, 0.25) is 0 Å². The molecule has 1 aromatic heterocycles. The summed E-state index contributed by atoms with van der Waals surface area (Å²) in [5, 5.41) is 0. The Hall–Kier alpha value is -1.09. The van der Waals surface area contributed by atoms with Crippen molar-refractivity contribution >= 4 is 21.6 Å². The van der Waals surface area contributed by atoms with Gasteiger partial charge in [0, 0.05) is 0 Å². The lowest BCUT2D eigenvalue weighted by molar-refractivity contribution is 0.343. The minimum atomic E-state index is 0.693. The van der Waals surface area contributed by atoms with Gasteiger partial charge in [-0.05, 0) is 25.0 Å². The summed E-state index contributed by atoms with van der Waals surface area (Å²) in [5.74, 6) is 0.904. The molecule has 0 atom stereocenters. The van der Waals surface area contributed by atoms with Crippen molar-refractivity contribution in [2.45, 2.75) is 20.3 Å². The van der Waals surface area contributed by atoms with Crippen molar-refractivity contribution in [3.63, 3.8) is 0 Å². The third kappa shape index (κ3) is 1.48. The molecule has 2 aromatic rings. The van der Waals surface area contributed by atoms with Gasteiger partial charge in [-0.15, -0.1) is 11.3 Å². The van der Waals surface area contributed by atoms with Gasteiger partial charge in [-0.25, -0.2) is 4.98 Å². The second kappa shape index (κ2) is 3.96. The van der Waals surface area contributed by atoms with Gasteiger partial charge in [-0.3, -0.25) is 0 Å². The molecule has 1 heterocycles. The fourth-order valence-corrected chi connectivity index (χ4v) is 2.42. The molecular formula is C11H13NOS. The number of thiazole rings is 1. The number of fused-ring (bicyclic) bond motifs is 1. The lowest BCUT2D eigenvalue weighted by atomic mass is 10.1. The fraction of sp³-hybridized carbons (Fsp3) is 0.364. The molecule has 0 spiro atoms. The summed E-state index contributed by atoms with van der Waals surface area (Å²) in [4.78, 5) is 4.34. The summed E-state index contributed by atoms with van der Waals surface area (Å²) in [6.45, 7) is 4.85. The molecule has 0 aliphatic heterocycles. The highest BCUT2D eigenvalue weighted by molar-refractivity contribution is 7.17. The summed E-state index contributed by atoms with van der Waals surface area (Å²) >= 11 is 1.69. The Balaban J connectivity index is 2.59. The Morgan fingerprint density at radius 2 is 2.21 bits per heavy atom. The summed E-state index contributed by atoms with van der Waals surface area (Å²) in [7, 11) is 0. The van der Waals surface area contributed by atoms with Crippen LogP contribution in [0.5, 0.6) is 5.75 Å². The van der Waals surface area contributed by atoms with Crippen molar-refractivity contribution in [2.75, 3.05) is 6.61 Å². The standard InChI is InChI=1S/C11H13NOS/c1-3-8-5-6-9(13-4-2)10-11(8)14-7-12-10/h5-7H,3-4H2,1-2H3. The summed E-state index contributed by atoms with van der Waals surface area (Å²) in [6.07, 6.45) is 1.05. The van der Waals surface area contributed by atoms with E-state index in [1.807, 2.05) is 18.5 Å². The number of aromatic nitrogens is 1. The molecule has 0 amide bonds. The van der Waals surface area contributed by atoms with Crippen LogP contribution in [0.3, 0.4) is 0 Å². The minimum Gasteiger partial charge on any atom is -0.492 e. The second-order valence-corrected chi connectivity index (χ2v) is 3.89. The third-order valence-corrected chi connectivity index (χ3v) is 3.11. The van der Waals surface area contributed by atoms with Crippen LogP contribution < -0.4 is 4.74 Å². The predicted molar refractivity (Wildman–Crippen MR) is 60.2 cm³/mol. The molecule has 0 radical (unpaired) electrons. The molecule has 14 heavy (non-hydrogen) atoms. The number of benzene rings is 1. The van der Waals surface area contributed by atoms with E-state index in [1.165, 1.54) is 10.3 Å². The second-order valence-electron chi connectivity index (χ2n) is 3.04. The van der Waals surface area contributed by atoms with Gasteiger partial charge >= 0.3 is 0 Å². The van der Waals surface area contributed by atoms with Crippen LogP contribution in [0.2, 0.25) is 0 Å². The number of aryl methyl sites for hydroxylation is 1. The van der Waals surface area contributed by atoms with E-state index in [2.05, 4.69) is 18.0 Å². The molecule has 74 valence electrons. The van der Waals surface area contributed by atoms with E-state index < -0.39 is 0 Å². The van der Waals surface area contributed by atoms with Crippen molar-refractivity contribution in [1.82, 2.24) is 4.98 Å². The molecule has 0 aliphatic carbocycles. The van der Waals surface area contributed by atoms with Crippen LogP contribution in [0.1, 0.15) is 19.4 Å². The van der Waals surface area contributed by atoms with Crippen LogP contribution >= 0.6 is 11.3 Å². The van der Waals surface area contributed by atoms with E-state index in [0.29, 0.717) is 6.61 Å². The molecule has 0 bridgehead atoms. The van der Waals surface area contributed by atoms with E-state index in [-0.39, 0.29) is 0 Å². The van der Waals surface area contributed by atoms with Crippen LogP contribution in [0.15, 0.2) is 17.6 Å². The van der Waals surface area contributed by atoms with Crippen LogP contribution in [-0.2, 0) is 6.42 Å². The average molecular weight is 207 g/mol. The van der Waals surface area contributed by atoms with E-state index >= 15 is 0 Å². The quantitative estimate of drug-likeness (QED) is 0.770. The first-order chi connectivity index (χ1) is 6.86. The minimum absolute atomic E-state index is 0.693. The van der Waals surface area contributed by atoms with Crippen molar-refractivity contribution in [2.24, 2.45) is 0 Å². The Morgan fingerprint density at radius 3 is 2.93 bits per heavy atom. The summed E-state index contributed by atoms with van der Waals surface area (Å²) in [5.41, 5.74) is 4.24. The van der Waals surface area contributed by atoms with E-state index in [9.17, 15) is 0 Å². The lowest BCUT2D eigenvalue weighted by Gasteiger charge is -2.05. The Labute approximate surface area is 87.5 Å². The largest absolute Gasteiger partial charge is 0.492 e. The molecule has 0 aliphatic rings. The lowest BCUT2D eigenvalue weighted by Crippen LogP contribution is -1.93. The Kier molecular flexibility index (Phi) is 2.68. The maximum Gasteiger partial charge on any atom is 0.146 e. The molecule has 0 unspecified atom stereocenters. The van der Waals surface area contributed by atoms with E-state index in [0.717, 1.165) is 17.7 Å². The van der Waals surface area contributed by atoms with Crippen molar-refractivity contribution in [3.05, 3.63) is 23.2 Å². The number of hydrogen-bond acceptors (Lipinski definition) is 3. The number of ether oxygens (including phenoxy) is 1. The van der Waals surface area contributed by atoms with Crippen molar-refractivity contribution in [1.29, 1.82) is 0 Å². The fourth-order valence-electron chi connectivity index (χ4n) is 1.53.